The highest BCUT2D eigenvalue weighted by molar-refractivity contribution is 6.74. The lowest BCUT2D eigenvalue weighted by molar-refractivity contribution is -0.328. The van der Waals surface area contributed by atoms with Gasteiger partial charge in [0.05, 0.1) is 30.0 Å². The summed E-state index contributed by atoms with van der Waals surface area (Å²) in [5, 5.41) is -0.00462. The first-order valence-electron chi connectivity index (χ1n) is 15.3. The fourth-order valence-electron chi connectivity index (χ4n) is 5.67. The van der Waals surface area contributed by atoms with Gasteiger partial charge >= 0.3 is 5.97 Å². The summed E-state index contributed by atoms with van der Waals surface area (Å²) < 4.78 is 44.6. The Hall–Kier alpha value is -2.11. The average Bonchev–Trinajstić information content (AvgIpc) is 2.95. The lowest BCUT2D eigenvalue weighted by Crippen LogP contribution is -2.63. The molecule has 238 valence electrons. The Morgan fingerprint density at radius 3 is 2.16 bits per heavy atom. The second kappa shape index (κ2) is 13.9. The van der Waals surface area contributed by atoms with E-state index in [4.69, 9.17) is 32.8 Å². The van der Waals surface area contributed by atoms with Gasteiger partial charge in [-0.25, -0.2) is 4.79 Å². The van der Waals surface area contributed by atoms with Crippen LogP contribution >= 0.6 is 0 Å². The molecule has 2 heterocycles. The van der Waals surface area contributed by atoms with Crippen molar-refractivity contribution in [3.05, 3.63) is 71.8 Å². The molecule has 43 heavy (non-hydrogen) atoms. The van der Waals surface area contributed by atoms with Crippen LogP contribution in [0.4, 0.5) is 0 Å². The molecule has 8 atom stereocenters. The van der Waals surface area contributed by atoms with E-state index in [0.717, 1.165) is 5.56 Å². The summed E-state index contributed by atoms with van der Waals surface area (Å²) in [4.78, 5) is 12.8. The summed E-state index contributed by atoms with van der Waals surface area (Å²) in [7, 11) is -0.608. The van der Waals surface area contributed by atoms with Gasteiger partial charge in [0.15, 0.2) is 27.0 Å². The Kier molecular flexibility index (Phi) is 10.9. The second-order valence-electron chi connectivity index (χ2n) is 13.5. The van der Waals surface area contributed by atoms with Crippen LogP contribution < -0.4 is 0 Å². The van der Waals surface area contributed by atoms with Crippen molar-refractivity contribution in [2.75, 3.05) is 7.11 Å². The fourth-order valence-corrected chi connectivity index (χ4v) is 7.34. The van der Waals surface area contributed by atoms with E-state index < -0.39 is 56.9 Å². The van der Waals surface area contributed by atoms with Crippen LogP contribution in [0.3, 0.4) is 0 Å². The minimum Gasteiger partial charge on any atom is -0.453 e. The van der Waals surface area contributed by atoms with Gasteiger partial charge in [-0.15, -0.1) is 0 Å². The zero-order valence-electron chi connectivity index (χ0n) is 27.2. The van der Waals surface area contributed by atoms with Gasteiger partial charge in [0.2, 0.25) is 0 Å². The molecule has 0 bridgehead atoms. The maximum absolute atomic E-state index is 12.8. The summed E-state index contributed by atoms with van der Waals surface area (Å²) in [6.45, 7) is 17.6. The van der Waals surface area contributed by atoms with Crippen LogP contribution in [0.2, 0.25) is 18.1 Å². The van der Waals surface area contributed by atoms with Crippen molar-refractivity contribution in [2.45, 2.75) is 128 Å². The third-order valence-electron chi connectivity index (χ3n) is 9.01. The summed E-state index contributed by atoms with van der Waals surface area (Å²) in [6, 6.07) is 19.0. The minimum absolute atomic E-state index is 0.00462. The minimum atomic E-state index is -2.23. The van der Waals surface area contributed by atoms with E-state index >= 15 is 0 Å². The molecular formula is C34H50O8Si. The quantitative estimate of drug-likeness (QED) is 0.212. The zero-order valence-corrected chi connectivity index (χ0v) is 28.2. The molecule has 0 saturated carbocycles. The van der Waals surface area contributed by atoms with E-state index in [-0.39, 0.29) is 11.1 Å². The zero-order chi connectivity index (χ0) is 31.4. The Bertz CT molecular complexity index is 1170. The summed E-state index contributed by atoms with van der Waals surface area (Å²) in [5.41, 5.74) is 0.869. The number of hydrogen-bond donors (Lipinski definition) is 0. The molecule has 0 radical (unpaired) electrons. The van der Waals surface area contributed by atoms with E-state index in [1.54, 1.807) is 19.2 Å². The highest BCUT2D eigenvalue weighted by atomic mass is 28.4. The molecule has 0 N–H and O–H groups in total. The van der Waals surface area contributed by atoms with Crippen molar-refractivity contribution in [3.8, 4) is 0 Å². The lowest BCUT2D eigenvalue weighted by atomic mass is 9.88. The smallest absolute Gasteiger partial charge is 0.338 e. The van der Waals surface area contributed by atoms with Crippen LogP contribution in [0.15, 0.2) is 60.7 Å². The first-order valence-corrected chi connectivity index (χ1v) is 18.2. The highest BCUT2D eigenvalue weighted by Gasteiger charge is 2.54. The summed E-state index contributed by atoms with van der Waals surface area (Å²) in [6.07, 6.45) is -2.37. The van der Waals surface area contributed by atoms with Gasteiger partial charge in [-0.05, 0) is 56.6 Å². The molecule has 2 aliphatic heterocycles. The van der Waals surface area contributed by atoms with Gasteiger partial charge in [0.1, 0.15) is 12.2 Å². The predicted octanol–water partition coefficient (Wildman–Crippen LogP) is 6.88. The van der Waals surface area contributed by atoms with E-state index in [1.165, 1.54) is 0 Å². The first kappa shape index (κ1) is 33.8. The molecular weight excluding hydrogens is 564 g/mol. The number of methoxy groups -OCH3 is 1. The molecule has 9 heteroatoms. The molecule has 8 nitrogen and oxygen atoms in total. The van der Waals surface area contributed by atoms with E-state index in [9.17, 15) is 4.79 Å². The number of rotatable bonds is 10. The van der Waals surface area contributed by atoms with Gasteiger partial charge in [-0.3, -0.25) is 0 Å². The molecule has 2 fully saturated rings. The number of carbonyl (C=O) groups is 1. The molecule has 0 aromatic heterocycles. The van der Waals surface area contributed by atoms with Gasteiger partial charge < -0.3 is 32.8 Å². The Labute approximate surface area is 258 Å². The molecule has 0 unspecified atom stereocenters. The number of carbonyl (C=O) groups excluding carboxylic acids is 1. The normalized spacial score (nSPS) is 31.9. The van der Waals surface area contributed by atoms with Crippen LogP contribution in [-0.2, 0) is 39.5 Å². The predicted molar refractivity (Wildman–Crippen MR) is 167 cm³/mol. The molecule has 2 aromatic carbocycles. The number of esters is 1. The van der Waals surface area contributed by atoms with Crippen molar-refractivity contribution in [3.63, 3.8) is 0 Å². The topological polar surface area (TPSA) is 81.7 Å². The fraction of sp³-hybridized carbons (Fsp3) is 0.618. The van der Waals surface area contributed by atoms with E-state index in [2.05, 4.69) is 40.8 Å². The van der Waals surface area contributed by atoms with Crippen molar-refractivity contribution < 1.29 is 37.6 Å². The van der Waals surface area contributed by atoms with Gasteiger partial charge in [-0.2, -0.15) is 0 Å². The lowest BCUT2D eigenvalue weighted by Gasteiger charge is -2.53. The number of benzene rings is 2. The van der Waals surface area contributed by atoms with Crippen LogP contribution in [0, 0.1) is 0 Å². The van der Waals surface area contributed by atoms with Crippen LogP contribution in [0.25, 0.3) is 0 Å². The van der Waals surface area contributed by atoms with E-state index in [0.29, 0.717) is 25.0 Å². The molecule has 4 rings (SSSR count). The van der Waals surface area contributed by atoms with E-state index in [1.807, 2.05) is 62.4 Å². The third-order valence-corrected chi connectivity index (χ3v) is 13.6. The highest BCUT2D eigenvalue weighted by Crippen LogP contribution is 2.45. The van der Waals surface area contributed by atoms with Gasteiger partial charge in [0, 0.05) is 20.0 Å². The summed E-state index contributed by atoms with van der Waals surface area (Å²) >= 11 is 0. The molecule has 0 spiro atoms. The Morgan fingerprint density at radius 1 is 0.953 bits per heavy atom. The number of hydrogen-bond acceptors (Lipinski definition) is 8. The van der Waals surface area contributed by atoms with Crippen molar-refractivity contribution in [1.29, 1.82) is 0 Å². The summed E-state index contributed by atoms with van der Waals surface area (Å²) in [5.74, 6) is -0.409. The molecule has 2 aliphatic rings. The molecule has 0 amide bonds. The number of ether oxygens (including phenoxy) is 6. The Balaban J connectivity index is 1.49. The van der Waals surface area contributed by atoms with Crippen molar-refractivity contribution >= 4 is 14.3 Å². The SMILES string of the molecule is CO[C@@H]1C[C@H](O[C@H]2[C@H](C)O[C@@H](OCc3ccccc3)C[C@]2(C)O[Si](C)(C)C(C)(C)C)O[C@H](C)[C@H]1OC(=O)c1ccccc1. The standard InChI is InChI=1S/C34H50O8Si/c1-23-30(41-32(35)26-18-14-11-15-19-26)27(36-7)20-28(38-23)40-31-24(2)39-29(37-22-25-16-12-10-13-17-25)21-34(31,6)42-43(8,9)33(3,4)5/h10-19,23-24,27-31H,20-22H2,1-9H3/t23-,24+,27-,28+,29-,30-,31+,34+/m1/s1. The van der Waals surface area contributed by atoms with Crippen molar-refractivity contribution in [2.24, 2.45) is 0 Å². The van der Waals surface area contributed by atoms with Gasteiger partial charge in [-0.1, -0.05) is 69.3 Å². The molecule has 2 aromatic rings. The molecule has 0 aliphatic carbocycles. The maximum atomic E-state index is 12.8. The second-order valence-corrected chi connectivity index (χ2v) is 18.2. The van der Waals surface area contributed by atoms with Crippen LogP contribution in [-0.4, -0.2) is 70.1 Å². The van der Waals surface area contributed by atoms with Crippen LogP contribution in [0.1, 0.15) is 70.3 Å². The monoisotopic (exact) mass is 614 g/mol. The van der Waals surface area contributed by atoms with Gasteiger partial charge in [0.25, 0.3) is 0 Å². The Morgan fingerprint density at radius 2 is 1.56 bits per heavy atom. The maximum Gasteiger partial charge on any atom is 0.338 e. The molecule has 2 saturated heterocycles. The average molecular weight is 615 g/mol. The third kappa shape index (κ3) is 8.33. The largest absolute Gasteiger partial charge is 0.453 e. The van der Waals surface area contributed by atoms with Crippen molar-refractivity contribution in [1.82, 2.24) is 0 Å². The first-order chi connectivity index (χ1) is 20.2. The van der Waals surface area contributed by atoms with Crippen LogP contribution in [0.5, 0.6) is 0 Å².